The fraction of sp³-hybridized carbons (Fsp3) is 0.628. The Hall–Kier alpha value is -10.7. The monoisotopic (exact) mass is 1840 g/mol. The molecule has 14 saturated heterocycles. The summed E-state index contributed by atoms with van der Waals surface area (Å²) in [4.78, 5) is 89.5. The van der Waals surface area contributed by atoms with Crippen LogP contribution in [0.15, 0.2) is 49.1 Å². The number of alkyl halides is 8. The summed E-state index contributed by atoms with van der Waals surface area (Å²) >= 11 is 0. The van der Waals surface area contributed by atoms with Crippen LogP contribution in [0.25, 0.3) is 45.6 Å². The third-order valence-electron chi connectivity index (χ3n) is 29.6. The number of nitrogens with two attached hydrogens (primary N) is 4. The van der Waals surface area contributed by atoms with Gasteiger partial charge in [0.1, 0.15) is 23.3 Å². The van der Waals surface area contributed by atoms with Gasteiger partial charge in [-0.3, -0.25) is 0 Å². The van der Waals surface area contributed by atoms with Gasteiger partial charge in [0.2, 0.25) is 47.6 Å². The molecular weight excluding hydrogens is 1740 g/mol. The lowest BCUT2D eigenvalue weighted by atomic mass is 9.68. The van der Waals surface area contributed by atoms with Gasteiger partial charge in [0, 0.05) is 118 Å². The van der Waals surface area contributed by atoms with Crippen molar-refractivity contribution in [2.75, 3.05) is 220 Å². The van der Waals surface area contributed by atoms with Gasteiger partial charge in [-0.05, 0) is 77.6 Å². The van der Waals surface area contributed by atoms with Crippen molar-refractivity contribution in [2.45, 2.75) is 164 Å². The number of halogens is 8. The van der Waals surface area contributed by atoms with Crippen LogP contribution in [0.2, 0.25) is 0 Å². The molecule has 132 heavy (non-hydrogen) atoms. The minimum absolute atomic E-state index is 0.0144. The van der Waals surface area contributed by atoms with Crippen molar-refractivity contribution < 1.29 is 82.5 Å². The van der Waals surface area contributed by atoms with Crippen molar-refractivity contribution in [1.29, 1.82) is 0 Å². The van der Waals surface area contributed by atoms with Crippen molar-refractivity contribution >= 4 is 70.9 Å². The summed E-state index contributed by atoms with van der Waals surface area (Å²) in [6.45, 7) is 22.5. The molecule has 14 atom stereocenters. The standard InChI is InChI=1S/C24H27F2N7O3.C21H25F2N7O2.C21H29F2N7O2.C20H23F2N7O3/c25-19(26)12-4-18(27)28-5-13(12)20-29-21(32-14-2-1-3-23(14)9-34-6-15(23)32)31-22(30-20)33-16-7-35-10-24(16)11-36-8-17(24)33;22-17(23)12-8-16(24)25-9-13(12)18-26-19(29-4-6-31-7-5-29)28-20(27-18)30-14-2-1-3-21(14)11-32-10-15(21)30;1-11-7-31-8-12(2)29(11)20-26-19(16-6-25-17(24)5-15(16)18(22)23)27-21(28-20)30-13(3)9-32-10-14(30)4;21-16(22)11-5-15(23)24-6-12(11)17-25-18(28-1-3-30-4-2-28)27-19(26-17)29-13-7-31-9-20(13)10-32-8-14(20)29/h4-5,14-17,19H,1-3,6-11H2,(H2,27,28);8-9,14-15,17H,1-7,10-11H2,(H2,24,25);5-6,11-14,18H,7-10H2,1-4H3,(H2,24,25);5-6,13-14,16H,1-4,7-10H2,(H2,23,24)/t;;11-,12-,13-,14-;/m..0./s1. The average Bonchev–Trinajstić information content (AvgIpc) is 1.53. The van der Waals surface area contributed by atoms with Crippen molar-refractivity contribution in [2.24, 2.45) is 21.7 Å². The fourth-order valence-electron chi connectivity index (χ4n) is 23.2. The molecule has 0 radical (unpaired) electrons. The lowest BCUT2D eigenvalue weighted by Crippen LogP contribution is -2.72. The highest BCUT2D eigenvalue weighted by Crippen LogP contribution is 2.62. The number of anilines is 12. The van der Waals surface area contributed by atoms with Gasteiger partial charge in [-0.1, -0.05) is 12.8 Å². The maximum Gasteiger partial charge on any atom is 0.264 e. The third-order valence-corrected chi connectivity index (χ3v) is 29.6. The van der Waals surface area contributed by atoms with Crippen molar-refractivity contribution in [3.63, 3.8) is 0 Å². The highest BCUT2D eigenvalue weighted by Gasteiger charge is 2.71. The van der Waals surface area contributed by atoms with Gasteiger partial charge >= 0.3 is 0 Å². The molecule has 14 aliphatic heterocycles. The molecule has 2 saturated carbocycles. The predicted molar refractivity (Wildman–Crippen MR) is 463 cm³/mol. The number of hydrogen-bond acceptors (Lipinski definition) is 38. The Bertz CT molecular complexity index is 5250. The molecule has 38 nitrogen and oxygen atoms in total. The molecule has 704 valence electrons. The van der Waals surface area contributed by atoms with Crippen LogP contribution in [0.5, 0.6) is 0 Å². The molecule has 0 amide bonds. The fourth-order valence-corrected chi connectivity index (χ4v) is 23.2. The molecule has 46 heteroatoms. The number of morpholine rings is 4. The van der Waals surface area contributed by atoms with Gasteiger partial charge in [0.25, 0.3) is 25.7 Å². The number of nitrogen functional groups attached to an aromatic ring is 4. The van der Waals surface area contributed by atoms with E-state index in [2.05, 4.69) is 79.2 Å². The Labute approximate surface area is 753 Å². The molecule has 8 aromatic heterocycles. The van der Waals surface area contributed by atoms with Crippen LogP contribution >= 0.6 is 0 Å². The lowest BCUT2D eigenvalue weighted by molar-refractivity contribution is 0.0733. The van der Waals surface area contributed by atoms with Crippen molar-refractivity contribution in [1.82, 2.24) is 79.7 Å². The van der Waals surface area contributed by atoms with Gasteiger partial charge in [-0.15, -0.1) is 0 Å². The molecule has 16 fully saturated rings. The molecular formula is C86H104F8N28O10. The first kappa shape index (κ1) is 87.9. The first-order chi connectivity index (χ1) is 63.9. The minimum atomic E-state index is -2.75. The summed E-state index contributed by atoms with van der Waals surface area (Å²) in [7, 11) is 0. The Morgan fingerprint density at radius 1 is 0.288 bits per heavy atom. The average molecular weight is 1840 g/mol. The van der Waals surface area contributed by atoms with Crippen LogP contribution in [0.1, 0.15) is 114 Å². The van der Waals surface area contributed by atoms with Gasteiger partial charge in [0.15, 0.2) is 23.3 Å². The van der Waals surface area contributed by atoms with E-state index in [4.69, 9.17) is 100 Å². The van der Waals surface area contributed by atoms with Crippen LogP contribution < -0.4 is 62.1 Å². The third kappa shape index (κ3) is 15.0. The highest BCUT2D eigenvalue weighted by molar-refractivity contribution is 5.70. The van der Waals surface area contributed by atoms with Gasteiger partial charge in [0.05, 0.1) is 203 Å². The molecule has 8 aromatic rings. The summed E-state index contributed by atoms with van der Waals surface area (Å²) in [5.41, 5.74) is 22.6. The van der Waals surface area contributed by atoms with Crippen LogP contribution in [0, 0.1) is 21.7 Å². The van der Waals surface area contributed by atoms with E-state index in [1.807, 2.05) is 37.5 Å². The topological polar surface area (TPSA) is 429 Å². The summed E-state index contributed by atoms with van der Waals surface area (Å²) in [6, 6.07) is 6.12. The first-order valence-corrected chi connectivity index (χ1v) is 45.1. The Morgan fingerprint density at radius 3 is 0.795 bits per heavy atom. The molecule has 22 heterocycles. The first-order valence-electron chi connectivity index (χ1n) is 45.1. The summed E-state index contributed by atoms with van der Waals surface area (Å²) in [5.74, 6) is 4.47. The van der Waals surface area contributed by atoms with E-state index in [0.717, 1.165) is 51.7 Å². The van der Waals surface area contributed by atoms with E-state index in [1.54, 1.807) is 0 Å². The van der Waals surface area contributed by atoms with E-state index < -0.39 is 25.7 Å². The van der Waals surface area contributed by atoms with Crippen LogP contribution in [-0.2, 0) is 47.4 Å². The van der Waals surface area contributed by atoms with E-state index in [-0.39, 0.29) is 179 Å². The summed E-state index contributed by atoms with van der Waals surface area (Å²) in [6.07, 6.45) is 0.967. The highest BCUT2D eigenvalue weighted by atomic mass is 19.3. The number of ether oxygens (including phenoxy) is 10. The minimum Gasteiger partial charge on any atom is -0.384 e. The molecule has 0 bridgehead atoms. The summed E-state index contributed by atoms with van der Waals surface area (Å²) < 4.78 is 168. The van der Waals surface area contributed by atoms with Crippen LogP contribution in [0.3, 0.4) is 0 Å². The van der Waals surface area contributed by atoms with Crippen LogP contribution in [-0.4, -0.2) is 311 Å². The van der Waals surface area contributed by atoms with E-state index >= 15 is 0 Å². The Balaban J connectivity index is 0.000000106. The second kappa shape index (κ2) is 34.9. The lowest BCUT2D eigenvalue weighted by Gasteiger charge is -2.57. The smallest absolute Gasteiger partial charge is 0.264 e. The van der Waals surface area contributed by atoms with Crippen molar-refractivity contribution in [3.8, 4) is 45.6 Å². The molecule has 4 spiro atoms. The Kier molecular flexibility index (Phi) is 23.3. The number of pyridine rings is 4. The zero-order valence-corrected chi connectivity index (χ0v) is 73.2. The largest absolute Gasteiger partial charge is 0.384 e. The van der Waals surface area contributed by atoms with Gasteiger partial charge in [-0.2, -0.15) is 59.8 Å². The quantitative estimate of drug-likeness (QED) is 0.0682. The molecule has 0 aromatic carbocycles. The number of hydrogen-bond donors (Lipinski definition) is 4. The molecule has 10 unspecified atom stereocenters. The van der Waals surface area contributed by atoms with Crippen molar-refractivity contribution in [3.05, 3.63) is 71.3 Å². The number of rotatable bonds is 16. The Morgan fingerprint density at radius 2 is 0.523 bits per heavy atom. The number of nitrogens with zero attached hydrogens (tertiary/aromatic N) is 24. The van der Waals surface area contributed by atoms with E-state index in [9.17, 15) is 35.1 Å². The predicted octanol–water partition coefficient (Wildman–Crippen LogP) is 7.44. The number of aromatic nitrogens is 16. The molecule has 8 N–H and O–H groups in total. The maximum atomic E-state index is 14.0. The van der Waals surface area contributed by atoms with Crippen LogP contribution in [0.4, 0.5) is 106 Å². The summed E-state index contributed by atoms with van der Waals surface area (Å²) in [5, 5.41) is 0. The zero-order chi connectivity index (χ0) is 91.0. The second-order valence-corrected chi connectivity index (χ2v) is 37.1. The van der Waals surface area contributed by atoms with E-state index in [1.165, 1.54) is 49.1 Å². The SMILES string of the molecule is C[C@H]1COC[C@H](C)N1c1nc(-c2cnc(N)cc2C(F)F)nc(N2[C@@H](C)COC[C@@H]2C)n1.Nc1cc(C(F)F)c(-c2nc(N3C4CCCC45COCC35)nc(N3C4COCC45COCC35)n2)cn1.Nc1cc(C(F)F)c(-c2nc(N3CCOCC3)nc(N3C4CCCC45COCC35)n2)cn1.Nc1cc(C(F)F)c(-c2nc(N3CCOCC3)nc(N3C4COCC45COCC35)n2)cn1. The molecule has 16 aliphatic rings. The van der Waals surface area contributed by atoms with Gasteiger partial charge in [-0.25, -0.2) is 55.1 Å². The maximum absolute atomic E-state index is 14.0. The second-order valence-electron chi connectivity index (χ2n) is 37.1. The van der Waals surface area contributed by atoms with Gasteiger partial charge < -0.3 is 110 Å². The normalized spacial score (nSPS) is 31.0. The molecule has 24 rings (SSSR count). The molecule has 2 aliphatic carbocycles. The zero-order valence-electron chi connectivity index (χ0n) is 73.2. The van der Waals surface area contributed by atoms with E-state index in [0.29, 0.717) is 199 Å².